The van der Waals surface area contributed by atoms with Crippen molar-refractivity contribution < 1.29 is 4.79 Å². The van der Waals surface area contributed by atoms with E-state index in [2.05, 4.69) is 15.2 Å². The zero-order valence-corrected chi connectivity index (χ0v) is 14.6. The van der Waals surface area contributed by atoms with Gasteiger partial charge >= 0.3 is 0 Å². The first kappa shape index (κ1) is 15.9. The van der Waals surface area contributed by atoms with Gasteiger partial charge in [-0.2, -0.15) is 5.10 Å². The summed E-state index contributed by atoms with van der Waals surface area (Å²) >= 11 is 12.4. The number of hydrogen-bond acceptors (Lipinski definition) is 3. The van der Waals surface area contributed by atoms with E-state index in [4.69, 9.17) is 23.2 Å². The van der Waals surface area contributed by atoms with Gasteiger partial charge in [0.15, 0.2) is 0 Å². The number of carbonyl (C=O) groups excluding carboxylic acids is 1. The molecule has 0 radical (unpaired) electrons. The summed E-state index contributed by atoms with van der Waals surface area (Å²) in [4.78, 5) is 18.9. The minimum absolute atomic E-state index is 0.0480. The van der Waals surface area contributed by atoms with Crippen molar-refractivity contribution in [3.8, 4) is 0 Å². The number of pyridine rings is 1. The number of nitrogens with one attached hydrogen (secondary N) is 1. The minimum atomic E-state index is -0.0480. The van der Waals surface area contributed by atoms with Crippen LogP contribution in [-0.2, 0) is 24.1 Å². The maximum absolute atomic E-state index is 12.9. The van der Waals surface area contributed by atoms with E-state index in [0.29, 0.717) is 16.5 Å². The summed E-state index contributed by atoms with van der Waals surface area (Å²) < 4.78 is 0. The van der Waals surface area contributed by atoms with Crippen molar-refractivity contribution >= 4 is 29.1 Å². The van der Waals surface area contributed by atoms with Crippen LogP contribution in [-0.4, -0.2) is 38.6 Å². The second kappa shape index (κ2) is 6.37. The van der Waals surface area contributed by atoms with E-state index in [0.717, 1.165) is 43.5 Å². The molecule has 2 aromatic heterocycles. The zero-order valence-electron chi connectivity index (χ0n) is 13.1. The lowest BCUT2D eigenvalue weighted by Crippen LogP contribution is -2.41. The van der Waals surface area contributed by atoms with E-state index < -0.39 is 0 Å². The SMILES string of the molecule is O=C1[C@H](Cc2c(Cl)cncc2Cl)CCN1C1CCc2n[nH]cc2C1. The highest BCUT2D eigenvalue weighted by atomic mass is 35.5. The number of H-pyrrole nitrogens is 1. The lowest BCUT2D eigenvalue weighted by atomic mass is 9.92. The third-order valence-electron chi connectivity index (χ3n) is 5.17. The standard InChI is InChI=1S/C17H18Cl2N4O/c18-14-8-20-9-15(19)13(14)6-10-3-4-23(17(10)24)12-1-2-16-11(5-12)7-21-22-16/h7-10,12H,1-6H2,(H,21,22)/t10-,12?/m0/s1. The monoisotopic (exact) mass is 364 g/mol. The number of rotatable bonds is 3. The Hall–Kier alpha value is -1.59. The Kier molecular flexibility index (Phi) is 4.22. The summed E-state index contributed by atoms with van der Waals surface area (Å²) in [5.41, 5.74) is 3.21. The van der Waals surface area contributed by atoms with Crippen LogP contribution in [0, 0.1) is 5.92 Å². The molecule has 0 aromatic carbocycles. The quantitative estimate of drug-likeness (QED) is 0.910. The second-order valence-corrected chi connectivity index (χ2v) is 7.37. The number of aryl methyl sites for hydroxylation is 1. The molecule has 7 heteroatoms. The highest BCUT2D eigenvalue weighted by Crippen LogP contribution is 2.33. The molecular formula is C17H18Cl2N4O. The van der Waals surface area contributed by atoms with Crippen molar-refractivity contribution in [3.63, 3.8) is 0 Å². The number of amides is 1. The van der Waals surface area contributed by atoms with Crippen LogP contribution in [0.25, 0.3) is 0 Å². The first-order valence-corrected chi connectivity index (χ1v) is 8.99. The van der Waals surface area contributed by atoms with Gasteiger partial charge in [-0.25, -0.2) is 0 Å². The molecule has 0 bridgehead atoms. The fourth-order valence-electron chi connectivity index (χ4n) is 3.86. The van der Waals surface area contributed by atoms with Gasteiger partial charge in [-0.1, -0.05) is 23.2 Å². The Bertz CT molecular complexity index is 755. The summed E-state index contributed by atoms with van der Waals surface area (Å²) in [7, 11) is 0. The number of likely N-dealkylation sites (tertiary alicyclic amines) is 1. The number of aromatic nitrogens is 3. The Balaban J connectivity index is 1.47. The molecule has 126 valence electrons. The summed E-state index contributed by atoms with van der Waals surface area (Å²) in [6.45, 7) is 0.807. The summed E-state index contributed by atoms with van der Waals surface area (Å²) in [5.74, 6) is 0.170. The van der Waals surface area contributed by atoms with Gasteiger partial charge < -0.3 is 4.90 Å². The Morgan fingerprint density at radius 3 is 2.83 bits per heavy atom. The van der Waals surface area contributed by atoms with Gasteiger partial charge in [-0.05, 0) is 43.2 Å². The first-order chi connectivity index (χ1) is 11.6. The van der Waals surface area contributed by atoms with Crippen molar-refractivity contribution in [3.05, 3.63) is 45.5 Å². The molecule has 2 aromatic rings. The third-order valence-corrected chi connectivity index (χ3v) is 5.82. The molecule has 1 amide bonds. The molecule has 3 heterocycles. The number of aromatic amines is 1. The van der Waals surface area contributed by atoms with E-state index in [-0.39, 0.29) is 17.9 Å². The van der Waals surface area contributed by atoms with Gasteiger partial charge in [0.25, 0.3) is 0 Å². The topological polar surface area (TPSA) is 61.9 Å². The number of carbonyl (C=O) groups is 1. The van der Waals surface area contributed by atoms with Gasteiger partial charge in [0.1, 0.15) is 0 Å². The molecule has 1 fully saturated rings. The number of nitrogens with zero attached hydrogens (tertiary/aromatic N) is 3. The number of halogens is 2. The zero-order chi connectivity index (χ0) is 16.7. The third kappa shape index (κ3) is 2.80. The van der Waals surface area contributed by atoms with E-state index >= 15 is 0 Å². The predicted octanol–water partition coefficient (Wildman–Crippen LogP) is 3.06. The van der Waals surface area contributed by atoms with Gasteiger partial charge in [-0.3, -0.25) is 14.9 Å². The van der Waals surface area contributed by atoms with Crippen LogP contribution in [0.15, 0.2) is 18.6 Å². The Labute approximate surface area is 150 Å². The van der Waals surface area contributed by atoms with E-state index in [1.807, 2.05) is 11.1 Å². The van der Waals surface area contributed by atoms with Gasteiger partial charge in [0.2, 0.25) is 5.91 Å². The molecule has 1 aliphatic heterocycles. The van der Waals surface area contributed by atoms with Crippen LogP contribution in [0.3, 0.4) is 0 Å². The lowest BCUT2D eigenvalue weighted by Gasteiger charge is -2.31. The second-order valence-electron chi connectivity index (χ2n) is 6.56. The highest BCUT2D eigenvalue weighted by Gasteiger charge is 2.37. The molecule has 1 aliphatic carbocycles. The lowest BCUT2D eigenvalue weighted by molar-refractivity contribution is -0.133. The molecule has 5 nitrogen and oxygen atoms in total. The van der Waals surface area contributed by atoms with E-state index in [1.165, 1.54) is 5.56 Å². The maximum atomic E-state index is 12.9. The van der Waals surface area contributed by atoms with Gasteiger partial charge in [-0.15, -0.1) is 0 Å². The smallest absolute Gasteiger partial charge is 0.226 e. The first-order valence-electron chi connectivity index (χ1n) is 8.23. The predicted molar refractivity (Wildman–Crippen MR) is 92.2 cm³/mol. The van der Waals surface area contributed by atoms with Gasteiger partial charge in [0, 0.05) is 37.1 Å². The van der Waals surface area contributed by atoms with E-state index in [9.17, 15) is 4.79 Å². The maximum Gasteiger partial charge on any atom is 0.226 e. The minimum Gasteiger partial charge on any atom is -0.339 e. The number of fused-ring (bicyclic) bond motifs is 1. The molecular weight excluding hydrogens is 347 g/mol. The van der Waals surface area contributed by atoms with Crippen molar-refractivity contribution in [2.75, 3.05) is 6.54 Å². The molecule has 0 spiro atoms. The molecule has 2 aliphatic rings. The van der Waals surface area contributed by atoms with Crippen LogP contribution in [0.5, 0.6) is 0 Å². The average Bonchev–Trinajstić information content (AvgIpc) is 3.17. The normalized spacial score (nSPS) is 23.6. The van der Waals surface area contributed by atoms with Crippen LogP contribution < -0.4 is 0 Å². The molecule has 4 rings (SSSR count). The molecule has 1 N–H and O–H groups in total. The largest absolute Gasteiger partial charge is 0.339 e. The van der Waals surface area contributed by atoms with E-state index in [1.54, 1.807) is 12.4 Å². The fraction of sp³-hybridized carbons (Fsp3) is 0.471. The van der Waals surface area contributed by atoms with Crippen LogP contribution in [0.4, 0.5) is 0 Å². The average molecular weight is 365 g/mol. The van der Waals surface area contributed by atoms with Crippen LogP contribution >= 0.6 is 23.2 Å². The molecule has 0 saturated carbocycles. The van der Waals surface area contributed by atoms with Crippen molar-refractivity contribution in [2.45, 2.75) is 38.1 Å². The molecule has 1 saturated heterocycles. The molecule has 2 atom stereocenters. The Morgan fingerprint density at radius 1 is 1.25 bits per heavy atom. The molecule has 24 heavy (non-hydrogen) atoms. The van der Waals surface area contributed by atoms with Gasteiger partial charge in [0.05, 0.1) is 15.7 Å². The summed E-state index contributed by atoms with van der Waals surface area (Å²) in [6.07, 6.45) is 9.36. The highest BCUT2D eigenvalue weighted by molar-refractivity contribution is 6.35. The van der Waals surface area contributed by atoms with Crippen LogP contribution in [0.1, 0.15) is 29.7 Å². The molecule has 1 unspecified atom stereocenters. The fourth-order valence-corrected chi connectivity index (χ4v) is 4.38. The summed E-state index contributed by atoms with van der Waals surface area (Å²) in [6, 6.07) is 0.274. The van der Waals surface area contributed by atoms with Crippen molar-refractivity contribution in [1.29, 1.82) is 0 Å². The van der Waals surface area contributed by atoms with Crippen molar-refractivity contribution in [2.24, 2.45) is 5.92 Å². The number of hydrogen-bond donors (Lipinski definition) is 1. The van der Waals surface area contributed by atoms with Crippen molar-refractivity contribution in [1.82, 2.24) is 20.1 Å². The van der Waals surface area contributed by atoms with Crippen LogP contribution in [0.2, 0.25) is 10.0 Å². The summed E-state index contributed by atoms with van der Waals surface area (Å²) in [5, 5.41) is 8.26. The Morgan fingerprint density at radius 2 is 2.04 bits per heavy atom.